The normalized spacial score (nSPS) is 10.2. The first-order chi connectivity index (χ1) is 11.4. The van der Waals surface area contributed by atoms with Gasteiger partial charge in [-0.15, -0.1) is 18.3 Å². The van der Waals surface area contributed by atoms with Gasteiger partial charge in [0.1, 0.15) is 6.61 Å². The summed E-state index contributed by atoms with van der Waals surface area (Å²) >= 11 is 0. The summed E-state index contributed by atoms with van der Waals surface area (Å²) < 4.78 is 7.28. The van der Waals surface area contributed by atoms with E-state index in [-0.39, 0.29) is 56.8 Å². The number of aryl methyl sites for hydroxylation is 1. The standard InChI is InChI=1S/C13H11O.C8H13N2.K/c1-3-7-12(8-4-1)11-14-13-9-5-2-6-10-13;1-8(2,3)7-5-6-10(4)9-7;/h1,3-10H,11H2;5H,1-4H3;/q2*-1;+1. The Bertz CT molecular complexity index is 679. The maximum atomic E-state index is 5.57. The molecule has 126 valence electrons. The van der Waals surface area contributed by atoms with E-state index in [1.165, 1.54) is 5.56 Å². The van der Waals surface area contributed by atoms with Crippen LogP contribution in [0.3, 0.4) is 0 Å². The van der Waals surface area contributed by atoms with E-state index in [1.54, 1.807) is 4.68 Å². The zero-order chi connectivity index (χ0) is 17.4. The smallest absolute Gasteiger partial charge is 0.514 e. The average molecular weight is 360 g/mol. The Morgan fingerprint density at radius 1 is 1.04 bits per heavy atom. The molecule has 0 N–H and O–H groups in total. The van der Waals surface area contributed by atoms with Gasteiger partial charge in [0.25, 0.3) is 0 Å². The minimum absolute atomic E-state index is 0. The SMILES string of the molecule is Cn1[c-]cc(C(C)(C)C)n1.[K+].[c-]1ccc(OCc2ccccc2)cc1. The van der Waals surface area contributed by atoms with Gasteiger partial charge in [-0.2, -0.15) is 24.3 Å². The number of ether oxygens (including phenoxy) is 1. The first kappa shape index (κ1) is 22.1. The summed E-state index contributed by atoms with van der Waals surface area (Å²) in [5.74, 6) is 0.882. The fraction of sp³-hybridized carbons (Fsp3) is 0.286. The summed E-state index contributed by atoms with van der Waals surface area (Å²) in [4.78, 5) is 0. The number of hydrogen-bond acceptors (Lipinski definition) is 2. The maximum Gasteiger partial charge on any atom is 1.00 e. The van der Waals surface area contributed by atoms with E-state index in [0.717, 1.165) is 11.4 Å². The van der Waals surface area contributed by atoms with Crippen LogP contribution in [0, 0.1) is 12.3 Å². The summed E-state index contributed by atoms with van der Waals surface area (Å²) in [6, 6.07) is 22.5. The van der Waals surface area contributed by atoms with Crippen molar-refractivity contribution in [1.29, 1.82) is 0 Å². The monoisotopic (exact) mass is 359 g/mol. The van der Waals surface area contributed by atoms with Crippen molar-refractivity contribution in [3.8, 4) is 5.75 Å². The molecular formula is C21H24KN2O-. The molecule has 3 nitrogen and oxygen atoms in total. The Kier molecular flexibility index (Phi) is 9.68. The van der Waals surface area contributed by atoms with Crippen molar-refractivity contribution in [2.24, 2.45) is 7.05 Å². The van der Waals surface area contributed by atoms with E-state index in [2.05, 4.69) is 50.3 Å². The second-order valence-electron chi connectivity index (χ2n) is 6.54. The number of aromatic nitrogens is 2. The van der Waals surface area contributed by atoms with Gasteiger partial charge in [0, 0.05) is 12.8 Å². The molecular weight excluding hydrogens is 335 g/mol. The molecule has 0 unspecified atom stereocenters. The van der Waals surface area contributed by atoms with Crippen LogP contribution in [0.2, 0.25) is 0 Å². The fourth-order valence-electron chi connectivity index (χ4n) is 1.95. The molecule has 3 aromatic rings. The van der Waals surface area contributed by atoms with Crippen LogP contribution in [0.25, 0.3) is 0 Å². The molecule has 0 saturated carbocycles. The third kappa shape index (κ3) is 8.34. The first-order valence-electron chi connectivity index (χ1n) is 8.00. The molecule has 3 rings (SSSR count). The van der Waals surface area contributed by atoms with E-state index >= 15 is 0 Å². The van der Waals surface area contributed by atoms with E-state index < -0.39 is 0 Å². The van der Waals surface area contributed by atoms with Crippen LogP contribution in [-0.4, -0.2) is 9.78 Å². The van der Waals surface area contributed by atoms with E-state index in [4.69, 9.17) is 4.74 Å². The van der Waals surface area contributed by atoms with E-state index in [1.807, 2.05) is 55.6 Å². The molecule has 0 spiro atoms. The molecule has 25 heavy (non-hydrogen) atoms. The molecule has 0 bridgehead atoms. The van der Waals surface area contributed by atoms with Gasteiger partial charge in [0.2, 0.25) is 0 Å². The number of hydrogen-bond donors (Lipinski definition) is 0. The van der Waals surface area contributed by atoms with E-state index in [9.17, 15) is 0 Å². The van der Waals surface area contributed by atoms with Crippen molar-refractivity contribution in [2.45, 2.75) is 32.8 Å². The zero-order valence-corrected chi connectivity index (χ0v) is 18.9. The van der Waals surface area contributed by atoms with Gasteiger partial charge in [0.05, 0.1) is 0 Å². The molecule has 0 atom stereocenters. The number of benzene rings is 2. The summed E-state index contributed by atoms with van der Waals surface area (Å²) in [7, 11) is 1.88. The van der Waals surface area contributed by atoms with Gasteiger partial charge >= 0.3 is 51.4 Å². The Hall–Kier alpha value is -0.914. The molecule has 0 fully saturated rings. The van der Waals surface area contributed by atoms with Crippen molar-refractivity contribution < 1.29 is 56.1 Å². The average Bonchev–Trinajstić information content (AvgIpc) is 3.02. The van der Waals surface area contributed by atoms with Crippen molar-refractivity contribution >= 4 is 0 Å². The molecule has 0 aliphatic heterocycles. The second kappa shape index (κ2) is 10.9. The largest absolute Gasteiger partial charge is 1.00 e. The maximum absolute atomic E-state index is 5.57. The topological polar surface area (TPSA) is 27.1 Å². The summed E-state index contributed by atoms with van der Waals surface area (Å²) in [5.41, 5.74) is 2.42. The molecule has 1 heterocycles. The van der Waals surface area contributed by atoms with Crippen LogP contribution in [0.5, 0.6) is 5.75 Å². The molecule has 0 aliphatic rings. The predicted octanol–water partition coefficient (Wildman–Crippen LogP) is 1.59. The third-order valence-corrected chi connectivity index (χ3v) is 3.35. The molecule has 0 amide bonds. The Labute approximate surface area is 193 Å². The molecule has 2 aromatic carbocycles. The third-order valence-electron chi connectivity index (χ3n) is 3.35. The summed E-state index contributed by atoms with van der Waals surface area (Å²) in [6.07, 6.45) is 2.98. The second-order valence-corrected chi connectivity index (χ2v) is 6.54. The minimum atomic E-state index is 0. The van der Waals surface area contributed by atoms with Crippen molar-refractivity contribution in [1.82, 2.24) is 9.78 Å². The van der Waals surface area contributed by atoms with Crippen molar-refractivity contribution in [3.05, 3.63) is 84.2 Å². The molecule has 1 aromatic heterocycles. The Morgan fingerprint density at radius 3 is 2.16 bits per heavy atom. The van der Waals surface area contributed by atoms with Crippen LogP contribution in [0.4, 0.5) is 0 Å². The zero-order valence-electron chi connectivity index (χ0n) is 15.8. The van der Waals surface area contributed by atoms with E-state index in [0.29, 0.717) is 6.61 Å². The van der Waals surface area contributed by atoms with Gasteiger partial charge in [-0.05, 0) is 5.56 Å². The van der Waals surface area contributed by atoms with Crippen LogP contribution < -0.4 is 56.1 Å². The van der Waals surface area contributed by atoms with Crippen molar-refractivity contribution in [3.63, 3.8) is 0 Å². The van der Waals surface area contributed by atoms with Gasteiger partial charge in [-0.25, -0.2) is 0 Å². The van der Waals surface area contributed by atoms with Gasteiger partial charge in [-0.1, -0.05) is 62.2 Å². The molecule has 0 saturated heterocycles. The van der Waals surface area contributed by atoms with Gasteiger partial charge < -0.3 is 9.42 Å². The van der Waals surface area contributed by atoms with Gasteiger partial charge in [-0.3, -0.25) is 5.10 Å². The Balaban J connectivity index is 0.000000254. The first-order valence-corrected chi connectivity index (χ1v) is 8.00. The molecule has 0 aliphatic carbocycles. The summed E-state index contributed by atoms with van der Waals surface area (Å²) in [6.45, 7) is 7.04. The molecule has 0 radical (unpaired) electrons. The minimum Gasteiger partial charge on any atom is -0.514 e. The number of rotatable bonds is 3. The quantitative estimate of drug-likeness (QED) is 0.525. The summed E-state index contributed by atoms with van der Waals surface area (Å²) in [5, 5.41) is 4.24. The van der Waals surface area contributed by atoms with Crippen LogP contribution in [0.1, 0.15) is 32.0 Å². The van der Waals surface area contributed by atoms with Crippen LogP contribution >= 0.6 is 0 Å². The van der Waals surface area contributed by atoms with Gasteiger partial charge in [0.15, 0.2) is 0 Å². The number of nitrogens with zero attached hydrogens (tertiary/aromatic N) is 2. The van der Waals surface area contributed by atoms with Crippen molar-refractivity contribution in [2.75, 3.05) is 0 Å². The van der Waals surface area contributed by atoms with Crippen LogP contribution in [-0.2, 0) is 19.1 Å². The molecule has 4 heteroatoms. The predicted molar refractivity (Wildman–Crippen MR) is 96.8 cm³/mol. The van der Waals surface area contributed by atoms with Crippen LogP contribution in [0.15, 0.2) is 60.7 Å². The Morgan fingerprint density at radius 2 is 1.68 bits per heavy atom. The fourth-order valence-corrected chi connectivity index (χ4v) is 1.95.